The first-order valence-electron chi connectivity index (χ1n) is 7.31. The largest absolute Gasteiger partial charge is 0.348 e. The second-order valence-electron chi connectivity index (χ2n) is 5.59. The van der Waals surface area contributed by atoms with E-state index < -0.39 is 0 Å². The quantitative estimate of drug-likeness (QED) is 0.893. The highest BCUT2D eigenvalue weighted by molar-refractivity contribution is 8.03. The zero-order chi connectivity index (χ0) is 15.7. The van der Waals surface area contributed by atoms with Gasteiger partial charge in [-0.1, -0.05) is 29.8 Å². The Kier molecular flexibility index (Phi) is 4.41. The Balaban J connectivity index is 1.69. The van der Waals surface area contributed by atoms with Gasteiger partial charge < -0.3 is 5.32 Å². The molecule has 1 amide bonds. The van der Waals surface area contributed by atoms with Gasteiger partial charge in [-0.3, -0.25) is 4.79 Å². The number of carbonyl (C=O) groups excluding carboxylic acids is 1. The van der Waals surface area contributed by atoms with Crippen LogP contribution in [-0.2, 0) is 17.1 Å². The molecule has 4 heteroatoms. The van der Waals surface area contributed by atoms with Gasteiger partial charge in [0.1, 0.15) is 0 Å². The Hall–Kier alpha value is -1.52. The first-order chi connectivity index (χ1) is 10.5. The van der Waals surface area contributed by atoms with E-state index in [1.54, 1.807) is 23.1 Å². The molecule has 0 aliphatic carbocycles. The number of benzene rings is 1. The van der Waals surface area contributed by atoms with Crippen molar-refractivity contribution in [3.63, 3.8) is 0 Å². The molecule has 0 fully saturated rings. The number of nitrogens with one attached hydrogen (secondary N) is 1. The fourth-order valence-corrected chi connectivity index (χ4v) is 4.79. The van der Waals surface area contributed by atoms with Gasteiger partial charge >= 0.3 is 0 Å². The van der Waals surface area contributed by atoms with Crippen LogP contribution in [0.3, 0.4) is 0 Å². The van der Waals surface area contributed by atoms with Gasteiger partial charge in [-0.25, -0.2) is 0 Å². The summed E-state index contributed by atoms with van der Waals surface area (Å²) in [5.41, 5.74) is 5.13. The third-order valence-electron chi connectivity index (χ3n) is 3.97. The number of thioether (sulfide) groups is 1. The number of carbonyl (C=O) groups is 1. The third kappa shape index (κ3) is 3.13. The van der Waals surface area contributed by atoms with Crippen molar-refractivity contribution in [1.29, 1.82) is 0 Å². The second-order valence-corrected chi connectivity index (χ2v) is 7.87. The van der Waals surface area contributed by atoms with Gasteiger partial charge in [0.2, 0.25) is 0 Å². The number of amides is 1. The van der Waals surface area contributed by atoms with Crippen molar-refractivity contribution in [1.82, 2.24) is 5.32 Å². The summed E-state index contributed by atoms with van der Waals surface area (Å²) in [5.74, 6) is 0.926. The average Bonchev–Trinajstić information content (AvgIpc) is 2.80. The first kappa shape index (κ1) is 15.4. The number of rotatable bonds is 3. The predicted octanol–water partition coefficient (Wildman–Crippen LogP) is 4.58. The summed E-state index contributed by atoms with van der Waals surface area (Å²) in [4.78, 5) is 15.8. The standard InChI is InChI=1S/C18H19NOS2/c1-11-4-6-14(7-5-11)9-19-18(20)17-8-16-15(10-21-17)12(2)13(3)22-16/h4-8H,9-10H2,1-3H3,(H,19,20). The molecule has 3 rings (SSSR count). The van der Waals surface area contributed by atoms with E-state index in [2.05, 4.69) is 50.4 Å². The lowest BCUT2D eigenvalue weighted by Crippen LogP contribution is -2.24. The SMILES string of the molecule is Cc1ccc(CNC(=O)C2=Cc3sc(C)c(C)c3CS2)cc1. The van der Waals surface area contributed by atoms with Gasteiger partial charge in [0.15, 0.2) is 0 Å². The molecule has 114 valence electrons. The molecule has 1 aliphatic heterocycles. The zero-order valence-electron chi connectivity index (χ0n) is 13.0. The summed E-state index contributed by atoms with van der Waals surface area (Å²) >= 11 is 3.42. The van der Waals surface area contributed by atoms with Crippen molar-refractivity contribution >= 4 is 35.1 Å². The predicted molar refractivity (Wildman–Crippen MR) is 96.1 cm³/mol. The minimum Gasteiger partial charge on any atom is -0.348 e. The van der Waals surface area contributed by atoms with E-state index in [-0.39, 0.29) is 5.91 Å². The van der Waals surface area contributed by atoms with Crippen LogP contribution in [0.5, 0.6) is 0 Å². The molecule has 0 bridgehead atoms. The van der Waals surface area contributed by atoms with Crippen LogP contribution < -0.4 is 5.32 Å². The average molecular weight is 329 g/mol. The number of hydrogen-bond donors (Lipinski definition) is 1. The van der Waals surface area contributed by atoms with Crippen molar-refractivity contribution in [3.8, 4) is 0 Å². The van der Waals surface area contributed by atoms with Crippen LogP contribution in [0.25, 0.3) is 6.08 Å². The molecule has 1 aromatic carbocycles. The number of fused-ring (bicyclic) bond motifs is 1. The van der Waals surface area contributed by atoms with Crippen molar-refractivity contribution in [2.45, 2.75) is 33.1 Å². The van der Waals surface area contributed by atoms with Crippen LogP contribution >= 0.6 is 23.1 Å². The molecule has 2 nitrogen and oxygen atoms in total. The second kappa shape index (κ2) is 6.31. The maximum Gasteiger partial charge on any atom is 0.258 e. The van der Waals surface area contributed by atoms with E-state index >= 15 is 0 Å². The maximum atomic E-state index is 12.3. The Morgan fingerprint density at radius 2 is 1.91 bits per heavy atom. The molecular weight excluding hydrogens is 310 g/mol. The van der Waals surface area contributed by atoms with Crippen LogP contribution in [-0.4, -0.2) is 5.91 Å². The lowest BCUT2D eigenvalue weighted by atomic mass is 10.1. The van der Waals surface area contributed by atoms with Gasteiger partial charge in [0.05, 0.1) is 4.91 Å². The van der Waals surface area contributed by atoms with Crippen molar-refractivity contribution in [3.05, 3.63) is 61.2 Å². The van der Waals surface area contributed by atoms with Gasteiger partial charge in [-0.2, -0.15) is 0 Å². The number of thiophene rings is 1. The Bertz CT molecular complexity index is 741. The minimum atomic E-state index is 0.0277. The summed E-state index contributed by atoms with van der Waals surface area (Å²) in [5, 5.41) is 3.02. The van der Waals surface area contributed by atoms with Gasteiger partial charge in [-0.05, 0) is 43.5 Å². The molecule has 2 aromatic rings. The van der Waals surface area contributed by atoms with Crippen LogP contribution in [0.1, 0.15) is 32.0 Å². The number of aryl methyl sites for hydroxylation is 2. The van der Waals surface area contributed by atoms with Crippen LogP contribution in [0, 0.1) is 20.8 Å². The summed E-state index contributed by atoms with van der Waals surface area (Å²) in [7, 11) is 0. The van der Waals surface area contributed by atoms with Gasteiger partial charge in [-0.15, -0.1) is 23.1 Å². The highest BCUT2D eigenvalue weighted by Crippen LogP contribution is 2.39. The highest BCUT2D eigenvalue weighted by Gasteiger charge is 2.20. The molecule has 0 saturated heterocycles. The first-order valence-corrected chi connectivity index (χ1v) is 9.12. The smallest absolute Gasteiger partial charge is 0.258 e. The van der Waals surface area contributed by atoms with Crippen LogP contribution in [0.4, 0.5) is 0 Å². The molecule has 2 heterocycles. The van der Waals surface area contributed by atoms with Crippen molar-refractivity contribution < 1.29 is 4.79 Å². The summed E-state index contributed by atoms with van der Waals surface area (Å²) < 4.78 is 0. The topological polar surface area (TPSA) is 29.1 Å². The molecular formula is C18H19NOS2. The fourth-order valence-electron chi connectivity index (χ4n) is 2.41. The third-order valence-corrected chi connectivity index (χ3v) is 6.22. The molecule has 0 unspecified atom stereocenters. The highest BCUT2D eigenvalue weighted by atomic mass is 32.2. The van der Waals surface area contributed by atoms with Crippen molar-refractivity contribution in [2.75, 3.05) is 0 Å². The van der Waals surface area contributed by atoms with Crippen LogP contribution in [0.15, 0.2) is 29.2 Å². The Morgan fingerprint density at radius 3 is 2.64 bits per heavy atom. The summed E-state index contributed by atoms with van der Waals surface area (Å²) in [6.45, 7) is 6.95. The van der Waals surface area contributed by atoms with E-state index in [0.717, 1.165) is 16.2 Å². The summed E-state index contributed by atoms with van der Waals surface area (Å²) in [6.07, 6.45) is 2.04. The maximum absolute atomic E-state index is 12.3. The zero-order valence-corrected chi connectivity index (χ0v) is 14.7. The fraction of sp³-hybridized carbons (Fsp3) is 0.278. The molecule has 0 saturated carbocycles. The van der Waals surface area contributed by atoms with Crippen molar-refractivity contribution in [2.24, 2.45) is 0 Å². The molecule has 22 heavy (non-hydrogen) atoms. The van der Waals surface area contributed by atoms with E-state index in [9.17, 15) is 4.79 Å². The van der Waals surface area contributed by atoms with E-state index in [1.807, 2.05) is 6.08 Å². The van der Waals surface area contributed by atoms with Gasteiger partial charge in [0, 0.05) is 22.1 Å². The summed E-state index contributed by atoms with van der Waals surface area (Å²) in [6, 6.07) is 8.25. The van der Waals surface area contributed by atoms with E-state index in [0.29, 0.717) is 6.54 Å². The van der Waals surface area contributed by atoms with Crippen LogP contribution in [0.2, 0.25) is 0 Å². The molecule has 0 atom stereocenters. The van der Waals surface area contributed by atoms with E-state index in [1.165, 1.54) is 26.4 Å². The lowest BCUT2D eigenvalue weighted by Gasteiger charge is -2.14. The molecule has 0 spiro atoms. The molecule has 0 radical (unpaired) electrons. The normalized spacial score (nSPS) is 13.5. The molecule has 1 N–H and O–H groups in total. The monoisotopic (exact) mass is 329 g/mol. The minimum absolute atomic E-state index is 0.0277. The Morgan fingerprint density at radius 1 is 1.18 bits per heavy atom. The number of hydrogen-bond acceptors (Lipinski definition) is 3. The molecule has 1 aliphatic rings. The van der Waals surface area contributed by atoms with Gasteiger partial charge in [0.25, 0.3) is 5.91 Å². The van der Waals surface area contributed by atoms with E-state index in [4.69, 9.17) is 0 Å². The Labute approximate surface area is 139 Å². The molecule has 1 aromatic heterocycles. The lowest BCUT2D eigenvalue weighted by molar-refractivity contribution is -0.116.